The molecule has 0 saturated carbocycles. The first kappa shape index (κ1) is 9.85. The molecule has 13 heavy (non-hydrogen) atoms. The lowest BCUT2D eigenvalue weighted by molar-refractivity contribution is -0.301. The van der Waals surface area contributed by atoms with Crippen LogP contribution in [0.2, 0.25) is 0 Å². The average molecular weight is 201 g/mol. The number of carbonyl (C=O) groups is 1. The average Bonchev–Trinajstić information content (AvgIpc) is 2.43. The second-order valence-corrected chi connectivity index (χ2v) is 3.23. The molecule has 0 bridgehead atoms. The number of aromatic nitrogens is 3. The van der Waals surface area contributed by atoms with Crippen LogP contribution < -0.4 is 10.9 Å². The molecular formula is C6H9N4O2S-. The molecule has 0 saturated heterocycles. The molecule has 7 heteroatoms. The Bertz CT molecular complexity index is 312. The number of hydrogen-bond donors (Lipinski definition) is 1. The van der Waals surface area contributed by atoms with Gasteiger partial charge in [0.2, 0.25) is 5.16 Å². The van der Waals surface area contributed by atoms with Crippen LogP contribution in [0.25, 0.3) is 0 Å². The molecule has 0 atom stereocenters. The summed E-state index contributed by atoms with van der Waals surface area (Å²) < 4.78 is 1.29. The van der Waals surface area contributed by atoms with E-state index in [4.69, 9.17) is 5.84 Å². The number of aryl methyl sites for hydroxylation is 1. The van der Waals surface area contributed by atoms with E-state index in [9.17, 15) is 9.90 Å². The molecule has 0 aliphatic heterocycles. The topological polar surface area (TPSA) is 96.9 Å². The van der Waals surface area contributed by atoms with Crippen molar-refractivity contribution in [3.05, 3.63) is 5.82 Å². The van der Waals surface area contributed by atoms with Crippen molar-refractivity contribution in [2.24, 2.45) is 0 Å². The van der Waals surface area contributed by atoms with Crippen LogP contribution in [0.1, 0.15) is 12.7 Å². The van der Waals surface area contributed by atoms with Gasteiger partial charge in [-0.25, -0.2) is 4.68 Å². The maximum Gasteiger partial charge on any atom is 0.210 e. The van der Waals surface area contributed by atoms with Gasteiger partial charge in [-0.3, -0.25) is 0 Å². The summed E-state index contributed by atoms with van der Waals surface area (Å²) in [7, 11) is 0. The van der Waals surface area contributed by atoms with E-state index in [-0.39, 0.29) is 5.75 Å². The van der Waals surface area contributed by atoms with Crippen LogP contribution in [0.15, 0.2) is 5.16 Å². The molecule has 72 valence electrons. The van der Waals surface area contributed by atoms with Gasteiger partial charge in [0, 0.05) is 12.2 Å². The molecule has 0 radical (unpaired) electrons. The predicted molar refractivity (Wildman–Crippen MR) is 45.3 cm³/mol. The Morgan fingerprint density at radius 3 is 2.85 bits per heavy atom. The Labute approximate surface area is 79.1 Å². The quantitative estimate of drug-likeness (QED) is 0.465. The zero-order valence-electron chi connectivity index (χ0n) is 7.06. The molecule has 0 aromatic carbocycles. The van der Waals surface area contributed by atoms with Crippen LogP contribution >= 0.6 is 11.8 Å². The minimum absolute atomic E-state index is 0.168. The third-order valence-corrected chi connectivity index (χ3v) is 2.29. The molecule has 0 aliphatic carbocycles. The number of nitrogens with two attached hydrogens (primary N) is 1. The van der Waals surface area contributed by atoms with Gasteiger partial charge in [0.1, 0.15) is 0 Å². The number of thioether (sulfide) groups is 1. The standard InChI is InChI=1S/C6H10N4O2S/c1-2-4-8-9-6(10(4)7)13-3-5(11)12/h2-3,7H2,1H3,(H,11,12)/p-1. The van der Waals surface area contributed by atoms with Crippen LogP contribution in [0.3, 0.4) is 0 Å². The Balaban J connectivity index is 2.67. The van der Waals surface area contributed by atoms with Crippen molar-refractivity contribution in [3.8, 4) is 0 Å². The highest BCUT2D eigenvalue weighted by molar-refractivity contribution is 7.99. The second-order valence-electron chi connectivity index (χ2n) is 2.28. The molecule has 1 rings (SSSR count). The summed E-state index contributed by atoms with van der Waals surface area (Å²) in [6, 6.07) is 0. The van der Waals surface area contributed by atoms with E-state index >= 15 is 0 Å². The summed E-state index contributed by atoms with van der Waals surface area (Å²) in [5, 5.41) is 18.0. The van der Waals surface area contributed by atoms with E-state index in [2.05, 4.69) is 10.2 Å². The summed E-state index contributed by atoms with van der Waals surface area (Å²) in [6.07, 6.45) is 0.662. The lowest BCUT2D eigenvalue weighted by Gasteiger charge is -2.01. The molecule has 1 aromatic heterocycles. The van der Waals surface area contributed by atoms with E-state index in [1.807, 2.05) is 6.92 Å². The van der Waals surface area contributed by atoms with Gasteiger partial charge in [0.25, 0.3) is 0 Å². The lowest BCUT2D eigenvalue weighted by Crippen LogP contribution is -2.25. The molecule has 2 N–H and O–H groups in total. The first-order valence-corrected chi connectivity index (χ1v) is 4.65. The molecule has 0 fully saturated rings. The summed E-state index contributed by atoms with van der Waals surface area (Å²) in [5.74, 6) is 4.87. The van der Waals surface area contributed by atoms with Crippen LogP contribution in [-0.2, 0) is 11.2 Å². The van der Waals surface area contributed by atoms with E-state index in [0.717, 1.165) is 11.8 Å². The van der Waals surface area contributed by atoms with Gasteiger partial charge in [-0.2, -0.15) is 0 Å². The molecule has 0 aliphatic rings. The van der Waals surface area contributed by atoms with Crippen molar-refractivity contribution in [2.45, 2.75) is 18.5 Å². The van der Waals surface area contributed by atoms with Crippen LogP contribution in [0.4, 0.5) is 0 Å². The van der Waals surface area contributed by atoms with E-state index in [1.165, 1.54) is 4.68 Å². The van der Waals surface area contributed by atoms with Crippen LogP contribution in [-0.4, -0.2) is 26.6 Å². The number of nitrogen functional groups attached to an aromatic ring is 1. The molecule has 0 spiro atoms. The number of aliphatic carboxylic acids is 1. The van der Waals surface area contributed by atoms with Gasteiger partial charge < -0.3 is 15.7 Å². The highest BCUT2D eigenvalue weighted by Gasteiger charge is 2.07. The molecule has 6 nitrogen and oxygen atoms in total. The van der Waals surface area contributed by atoms with Crippen molar-refractivity contribution in [3.63, 3.8) is 0 Å². The Morgan fingerprint density at radius 2 is 2.38 bits per heavy atom. The van der Waals surface area contributed by atoms with E-state index in [0.29, 0.717) is 17.4 Å². The first-order valence-electron chi connectivity index (χ1n) is 3.67. The van der Waals surface area contributed by atoms with Gasteiger partial charge in [-0.05, 0) is 0 Å². The number of hydrogen-bond acceptors (Lipinski definition) is 6. The molecule has 0 amide bonds. The van der Waals surface area contributed by atoms with Gasteiger partial charge in [-0.1, -0.05) is 18.7 Å². The van der Waals surface area contributed by atoms with Crippen molar-refractivity contribution in [1.29, 1.82) is 0 Å². The van der Waals surface area contributed by atoms with Crippen molar-refractivity contribution in [1.82, 2.24) is 14.9 Å². The minimum atomic E-state index is -1.15. The Morgan fingerprint density at radius 1 is 1.69 bits per heavy atom. The predicted octanol–water partition coefficient (Wildman–Crippen LogP) is -1.60. The van der Waals surface area contributed by atoms with Gasteiger partial charge in [-0.15, -0.1) is 10.2 Å². The van der Waals surface area contributed by atoms with Gasteiger partial charge >= 0.3 is 0 Å². The number of carbonyl (C=O) groups excluding carboxylic acids is 1. The SMILES string of the molecule is CCc1nnc(SCC(=O)[O-])n1N. The number of carboxylic acids is 1. The zero-order chi connectivity index (χ0) is 9.84. The number of carboxylic acid groups (broad SMARTS) is 1. The zero-order valence-corrected chi connectivity index (χ0v) is 7.87. The van der Waals surface area contributed by atoms with Crippen LogP contribution in [0.5, 0.6) is 0 Å². The highest BCUT2D eigenvalue weighted by Crippen LogP contribution is 2.13. The molecule has 0 unspecified atom stereocenters. The highest BCUT2D eigenvalue weighted by atomic mass is 32.2. The van der Waals surface area contributed by atoms with Crippen molar-refractivity contribution in [2.75, 3.05) is 11.6 Å². The fraction of sp³-hybridized carbons (Fsp3) is 0.500. The third kappa shape index (κ3) is 2.35. The number of nitrogens with zero attached hydrogens (tertiary/aromatic N) is 3. The maximum atomic E-state index is 10.1. The monoisotopic (exact) mass is 201 g/mol. The molecule has 1 heterocycles. The Kier molecular flexibility index (Phi) is 3.13. The molecular weight excluding hydrogens is 192 g/mol. The summed E-state index contributed by atoms with van der Waals surface area (Å²) in [5.41, 5.74) is 0. The molecule has 1 aromatic rings. The minimum Gasteiger partial charge on any atom is -0.549 e. The summed E-state index contributed by atoms with van der Waals surface area (Å²) in [6.45, 7) is 1.89. The Hall–Kier alpha value is -1.24. The first-order chi connectivity index (χ1) is 6.15. The smallest absolute Gasteiger partial charge is 0.210 e. The van der Waals surface area contributed by atoms with Crippen molar-refractivity contribution >= 4 is 17.7 Å². The maximum absolute atomic E-state index is 10.1. The van der Waals surface area contributed by atoms with Gasteiger partial charge in [0.15, 0.2) is 5.82 Å². The van der Waals surface area contributed by atoms with Crippen LogP contribution in [0, 0.1) is 0 Å². The number of rotatable bonds is 4. The fourth-order valence-electron chi connectivity index (χ4n) is 0.770. The van der Waals surface area contributed by atoms with E-state index < -0.39 is 5.97 Å². The second kappa shape index (κ2) is 4.13. The summed E-state index contributed by atoms with van der Waals surface area (Å²) >= 11 is 0.994. The third-order valence-electron chi connectivity index (χ3n) is 1.37. The lowest BCUT2D eigenvalue weighted by atomic mass is 10.5. The van der Waals surface area contributed by atoms with Crippen molar-refractivity contribution < 1.29 is 9.90 Å². The normalized spacial score (nSPS) is 10.2. The van der Waals surface area contributed by atoms with Gasteiger partial charge in [0.05, 0.1) is 5.97 Å². The fourth-order valence-corrected chi connectivity index (χ4v) is 1.36. The largest absolute Gasteiger partial charge is 0.549 e. The summed E-state index contributed by atoms with van der Waals surface area (Å²) in [4.78, 5) is 10.1. The van der Waals surface area contributed by atoms with E-state index in [1.54, 1.807) is 0 Å².